The molecule has 2 saturated heterocycles. The number of urea groups is 1. The van der Waals surface area contributed by atoms with E-state index in [1.807, 2.05) is 18.2 Å². The van der Waals surface area contributed by atoms with Crippen LogP contribution in [0.1, 0.15) is 41.7 Å². The second-order valence-corrected chi connectivity index (χ2v) is 11.4. The molecular formula is C25H26ClN5O4S. The van der Waals surface area contributed by atoms with Gasteiger partial charge in [-0.25, -0.2) is 17.5 Å². The molecule has 3 heterocycles. The smallest absolute Gasteiger partial charge is 0.315 e. The van der Waals surface area contributed by atoms with E-state index in [0.717, 1.165) is 18.4 Å². The highest BCUT2D eigenvalue weighted by molar-refractivity contribution is 7.89. The lowest BCUT2D eigenvalue weighted by atomic mass is 9.95. The van der Waals surface area contributed by atoms with Crippen LogP contribution in [0, 0.1) is 0 Å². The van der Waals surface area contributed by atoms with Crippen LogP contribution in [-0.2, 0) is 10.0 Å². The lowest BCUT2D eigenvalue weighted by Crippen LogP contribution is -2.37. The summed E-state index contributed by atoms with van der Waals surface area (Å²) in [4.78, 5) is 12.4. The van der Waals surface area contributed by atoms with E-state index in [9.17, 15) is 13.2 Å². The van der Waals surface area contributed by atoms with E-state index in [0.29, 0.717) is 35.3 Å². The third-order valence-corrected chi connectivity index (χ3v) is 9.11. The van der Waals surface area contributed by atoms with Crippen molar-refractivity contribution in [3.8, 4) is 11.6 Å². The maximum absolute atomic E-state index is 13.9. The Labute approximate surface area is 214 Å². The second-order valence-electron chi connectivity index (χ2n) is 8.84. The number of hydrogen-bond donors (Lipinski definition) is 2. The number of benzene rings is 2. The number of halogens is 1. The summed E-state index contributed by atoms with van der Waals surface area (Å²) in [6.07, 6.45) is 3.35. The Morgan fingerprint density at radius 3 is 2.61 bits per heavy atom. The molecule has 0 saturated carbocycles. The fourth-order valence-electron chi connectivity index (χ4n) is 4.78. The van der Waals surface area contributed by atoms with Crippen LogP contribution >= 0.6 is 11.6 Å². The van der Waals surface area contributed by atoms with Crippen LogP contribution in [0.4, 0.5) is 4.79 Å². The van der Waals surface area contributed by atoms with Gasteiger partial charge in [-0.15, -0.1) is 5.10 Å². The van der Waals surface area contributed by atoms with Gasteiger partial charge in [0.15, 0.2) is 0 Å². The minimum Gasteiger partial charge on any atom is -0.438 e. The van der Waals surface area contributed by atoms with Crippen molar-refractivity contribution in [1.82, 2.24) is 25.1 Å². The van der Waals surface area contributed by atoms with Crippen molar-refractivity contribution in [3.05, 3.63) is 83.0 Å². The highest BCUT2D eigenvalue weighted by Crippen LogP contribution is 2.38. The van der Waals surface area contributed by atoms with Crippen molar-refractivity contribution >= 4 is 27.7 Å². The van der Waals surface area contributed by atoms with Crippen LogP contribution in [0.5, 0.6) is 11.6 Å². The number of nitrogens with zero attached hydrogens (tertiary/aromatic N) is 3. The van der Waals surface area contributed by atoms with Crippen molar-refractivity contribution in [2.24, 2.45) is 0 Å². The van der Waals surface area contributed by atoms with Gasteiger partial charge < -0.3 is 15.4 Å². The Morgan fingerprint density at radius 1 is 1.06 bits per heavy atom. The number of carbonyl (C=O) groups excluding carboxylic acids is 1. The Kier molecular flexibility index (Phi) is 7.08. The van der Waals surface area contributed by atoms with Gasteiger partial charge in [0.25, 0.3) is 0 Å². The first-order valence-electron chi connectivity index (χ1n) is 11.8. The van der Waals surface area contributed by atoms with Crippen LogP contribution in [0.15, 0.2) is 66.9 Å². The highest BCUT2D eigenvalue weighted by atomic mass is 35.5. The molecule has 36 heavy (non-hydrogen) atoms. The van der Waals surface area contributed by atoms with E-state index in [2.05, 4.69) is 20.8 Å². The predicted molar refractivity (Wildman–Crippen MR) is 135 cm³/mol. The summed E-state index contributed by atoms with van der Waals surface area (Å²) in [6.45, 7) is 0.968. The summed E-state index contributed by atoms with van der Waals surface area (Å²) in [5, 5.41) is 13.2. The first-order chi connectivity index (χ1) is 17.4. The topological polar surface area (TPSA) is 114 Å². The number of ether oxygens (including phenoxy) is 1. The van der Waals surface area contributed by atoms with E-state index in [1.54, 1.807) is 53.0 Å². The number of carbonyl (C=O) groups is 1. The third-order valence-electron chi connectivity index (χ3n) is 6.50. The van der Waals surface area contributed by atoms with Gasteiger partial charge in [-0.05, 0) is 54.7 Å². The van der Waals surface area contributed by atoms with E-state index in [4.69, 9.17) is 16.3 Å². The molecule has 0 bridgehead atoms. The summed E-state index contributed by atoms with van der Waals surface area (Å²) < 4.78 is 35.1. The molecular weight excluding hydrogens is 502 g/mol. The molecule has 1 aromatic heterocycles. The maximum atomic E-state index is 13.9. The van der Waals surface area contributed by atoms with Crippen LogP contribution in [0.3, 0.4) is 0 Å². The van der Waals surface area contributed by atoms with E-state index < -0.39 is 27.4 Å². The molecule has 3 aromatic rings. The molecule has 3 unspecified atom stereocenters. The molecule has 2 fully saturated rings. The quantitative estimate of drug-likeness (QED) is 0.454. The van der Waals surface area contributed by atoms with Gasteiger partial charge in [0, 0.05) is 30.4 Å². The molecule has 9 nitrogen and oxygen atoms in total. The molecule has 188 valence electrons. The molecule has 11 heteroatoms. The maximum Gasteiger partial charge on any atom is 0.315 e. The van der Waals surface area contributed by atoms with Crippen molar-refractivity contribution in [2.75, 3.05) is 13.1 Å². The molecule has 0 spiro atoms. The minimum atomic E-state index is -3.73. The van der Waals surface area contributed by atoms with Gasteiger partial charge in [0.2, 0.25) is 15.9 Å². The lowest BCUT2D eigenvalue weighted by Gasteiger charge is -2.28. The van der Waals surface area contributed by atoms with Crippen LogP contribution in [0.25, 0.3) is 0 Å². The Balaban J connectivity index is 1.49. The molecule has 2 N–H and O–H groups in total. The lowest BCUT2D eigenvalue weighted by molar-refractivity contribution is 0.246. The Bertz CT molecular complexity index is 1340. The molecule has 2 aliphatic heterocycles. The van der Waals surface area contributed by atoms with E-state index in [-0.39, 0.29) is 12.5 Å². The van der Waals surface area contributed by atoms with Gasteiger partial charge in [-0.2, -0.15) is 5.10 Å². The van der Waals surface area contributed by atoms with Gasteiger partial charge in [0.05, 0.1) is 12.1 Å². The van der Waals surface area contributed by atoms with Crippen LogP contribution < -0.4 is 15.4 Å². The van der Waals surface area contributed by atoms with Gasteiger partial charge in [-0.1, -0.05) is 41.9 Å². The number of rotatable bonds is 8. The number of sulfonamides is 1. The van der Waals surface area contributed by atoms with Crippen molar-refractivity contribution in [1.29, 1.82) is 0 Å². The number of aromatic nitrogens is 2. The summed E-state index contributed by atoms with van der Waals surface area (Å²) >= 11 is 6.43. The largest absolute Gasteiger partial charge is 0.438 e. The average Bonchev–Trinajstić information content (AvgIpc) is 3.54. The van der Waals surface area contributed by atoms with E-state index in [1.165, 1.54) is 0 Å². The SMILES string of the molecule is O=C1NC(CC(c2cccc(Oc3cccnn3)c2)S(=O)(=O)N2CCCC2)C(c2ccccc2Cl)N1. The molecule has 2 amide bonds. The van der Waals surface area contributed by atoms with E-state index >= 15 is 0 Å². The van der Waals surface area contributed by atoms with Crippen LogP contribution in [-0.4, -0.2) is 48.1 Å². The van der Waals surface area contributed by atoms with Crippen molar-refractivity contribution < 1.29 is 17.9 Å². The number of hydrogen-bond acceptors (Lipinski definition) is 6. The zero-order valence-corrected chi connectivity index (χ0v) is 21.0. The zero-order chi connectivity index (χ0) is 25.1. The standard InChI is InChI=1S/C25H26ClN5O4S/c26-20-10-2-1-9-19(20)24-21(28-25(32)29-24)16-22(36(33,34)31-13-3-4-14-31)17-7-5-8-18(15-17)35-23-11-6-12-27-30-23/h1-2,5-12,15,21-22,24H,3-4,13-14,16H2,(H2,28,29,32). The molecule has 2 aliphatic rings. The fraction of sp³-hybridized carbons (Fsp3) is 0.320. The minimum absolute atomic E-state index is 0.155. The summed E-state index contributed by atoms with van der Waals surface area (Å²) in [5.74, 6) is 0.755. The monoisotopic (exact) mass is 527 g/mol. The summed E-state index contributed by atoms with van der Waals surface area (Å²) in [6, 6.07) is 16.3. The third kappa shape index (κ3) is 5.16. The molecule has 0 aliphatic carbocycles. The first kappa shape index (κ1) is 24.5. The Morgan fingerprint density at radius 2 is 1.86 bits per heavy atom. The molecule has 5 rings (SSSR count). The van der Waals surface area contributed by atoms with Crippen molar-refractivity contribution in [2.45, 2.75) is 36.6 Å². The van der Waals surface area contributed by atoms with Gasteiger partial charge in [0.1, 0.15) is 11.0 Å². The first-order valence-corrected chi connectivity index (χ1v) is 13.7. The molecule has 3 atom stereocenters. The number of nitrogens with one attached hydrogen (secondary N) is 2. The molecule has 0 radical (unpaired) electrons. The summed E-state index contributed by atoms with van der Waals surface area (Å²) in [7, 11) is -3.73. The zero-order valence-electron chi connectivity index (χ0n) is 19.4. The predicted octanol–water partition coefficient (Wildman–Crippen LogP) is 4.20. The average molecular weight is 528 g/mol. The second kappa shape index (κ2) is 10.4. The number of amides is 2. The molecule has 2 aromatic carbocycles. The van der Waals surface area contributed by atoms with Crippen molar-refractivity contribution in [3.63, 3.8) is 0 Å². The highest BCUT2D eigenvalue weighted by Gasteiger charge is 2.42. The van der Waals surface area contributed by atoms with Gasteiger partial charge in [-0.3, -0.25) is 0 Å². The fourth-order valence-corrected chi connectivity index (χ4v) is 7.10. The van der Waals surface area contributed by atoms with Gasteiger partial charge >= 0.3 is 6.03 Å². The van der Waals surface area contributed by atoms with Crippen LogP contribution in [0.2, 0.25) is 5.02 Å². The Hall–Kier alpha value is -3.21. The normalized spacial score (nSPS) is 21.1. The summed E-state index contributed by atoms with van der Waals surface area (Å²) in [5.41, 5.74) is 1.31.